The van der Waals surface area contributed by atoms with Crippen molar-refractivity contribution in [2.75, 3.05) is 20.8 Å². The van der Waals surface area contributed by atoms with E-state index in [4.69, 9.17) is 30.1 Å². The van der Waals surface area contributed by atoms with Crippen LogP contribution in [0.15, 0.2) is 84.5 Å². The third kappa shape index (κ3) is 13.0. The molecule has 1 unspecified atom stereocenters. The molecule has 0 aromatic heterocycles. The Balaban J connectivity index is 1.53. The van der Waals surface area contributed by atoms with Gasteiger partial charge in [-0.3, -0.25) is 0 Å². The molecule has 2 aliphatic heterocycles. The van der Waals surface area contributed by atoms with Crippen molar-refractivity contribution in [3.05, 3.63) is 90.1 Å². The highest BCUT2D eigenvalue weighted by Crippen LogP contribution is 2.26. The van der Waals surface area contributed by atoms with Gasteiger partial charge in [0.15, 0.2) is 0 Å². The van der Waals surface area contributed by atoms with Crippen molar-refractivity contribution in [1.82, 2.24) is 0 Å². The van der Waals surface area contributed by atoms with Crippen LogP contribution in [-0.4, -0.2) is 62.6 Å². The smallest absolute Gasteiger partial charge is 0.118 e. The third-order valence-corrected chi connectivity index (χ3v) is 8.01. The van der Waals surface area contributed by atoms with Gasteiger partial charge in [0.1, 0.15) is 11.9 Å². The Bertz CT molecular complexity index is 1160. The van der Waals surface area contributed by atoms with Crippen LogP contribution in [-0.2, 0) is 25.6 Å². The van der Waals surface area contributed by atoms with Crippen molar-refractivity contribution in [2.24, 2.45) is 5.92 Å². The Morgan fingerprint density at radius 1 is 1.20 bits per heavy atom. The first kappa shape index (κ1) is 35.6. The molecular weight excluding hydrogens is 552 g/mol. The molecule has 3 rings (SSSR count). The van der Waals surface area contributed by atoms with Gasteiger partial charge in [0.2, 0.25) is 0 Å². The van der Waals surface area contributed by atoms with Gasteiger partial charge in [-0.1, -0.05) is 79.3 Å². The van der Waals surface area contributed by atoms with E-state index in [1.54, 1.807) is 14.2 Å². The normalized spacial score (nSPS) is 23.2. The van der Waals surface area contributed by atoms with E-state index >= 15 is 0 Å². The molecule has 1 aromatic carbocycles. The van der Waals surface area contributed by atoms with Crippen molar-refractivity contribution in [1.29, 1.82) is 0 Å². The van der Waals surface area contributed by atoms with Crippen LogP contribution in [0.25, 0.3) is 0 Å². The van der Waals surface area contributed by atoms with Gasteiger partial charge >= 0.3 is 0 Å². The molecule has 1 N–H and O–H groups in total. The van der Waals surface area contributed by atoms with Crippen LogP contribution in [0.3, 0.4) is 0 Å². The van der Waals surface area contributed by atoms with E-state index in [1.165, 1.54) is 5.57 Å². The van der Waals surface area contributed by atoms with Crippen molar-refractivity contribution >= 4 is 0 Å². The molecule has 6 heteroatoms. The first-order chi connectivity index (χ1) is 21.3. The summed E-state index contributed by atoms with van der Waals surface area (Å²) in [5, 5.41) is 10.8. The number of methoxy groups -OCH3 is 2. The molecule has 0 bridgehead atoms. The standard InChI is InChI=1S/C38H52O6/c1-7-10-34-12-9-13-36(44-34)26-30(4)23-29(3)24-32(39)11-8-14-38(43-27-31-15-17-33(40-5)18-16-31)37(41-6)20-19-35-25-28(2)21-22-42-35/h1,8-9,11-12,15-21,30,32,34-39H,3,10,13-14,22-27H2,2,4-6H3/t30-,32?,34+,35+,36-,37-,38-/m0/s1. The molecule has 0 spiro atoms. The highest BCUT2D eigenvalue weighted by Gasteiger charge is 2.22. The molecule has 0 radical (unpaired) electrons. The molecular formula is C38H52O6. The summed E-state index contributed by atoms with van der Waals surface area (Å²) in [5.41, 5.74) is 3.40. The van der Waals surface area contributed by atoms with Crippen LogP contribution < -0.4 is 4.74 Å². The average Bonchev–Trinajstić information content (AvgIpc) is 3.00. The molecule has 0 aliphatic carbocycles. The molecule has 0 saturated carbocycles. The Labute approximate surface area is 265 Å². The Morgan fingerprint density at radius 3 is 2.70 bits per heavy atom. The highest BCUT2D eigenvalue weighted by atomic mass is 16.5. The third-order valence-electron chi connectivity index (χ3n) is 8.01. The molecule has 7 atom stereocenters. The Morgan fingerprint density at radius 2 is 2.00 bits per heavy atom. The average molecular weight is 605 g/mol. The largest absolute Gasteiger partial charge is 0.497 e. The lowest BCUT2D eigenvalue weighted by Crippen LogP contribution is -2.29. The number of ether oxygens (including phenoxy) is 5. The van der Waals surface area contributed by atoms with Crippen LogP contribution in [0.4, 0.5) is 0 Å². The maximum atomic E-state index is 10.8. The maximum absolute atomic E-state index is 10.8. The number of benzene rings is 1. The molecule has 6 nitrogen and oxygen atoms in total. The van der Waals surface area contributed by atoms with Crippen molar-refractivity contribution in [3.63, 3.8) is 0 Å². The Hall–Kier alpha value is -2.92. The fourth-order valence-electron chi connectivity index (χ4n) is 5.66. The quantitative estimate of drug-likeness (QED) is 0.140. The van der Waals surface area contributed by atoms with Gasteiger partial charge in [0.05, 0.1) is 50.8 Å². The first-order valence-electron chi connectivity index (χ1n) is 15.8. The lowest BCUT2D eigenvalue weighted by molar-refractivity contribution is -0.0420. The van der Waals surface area contributed by atoms with Crippen LogP contribution in [0, 0.1) is 18.3 Å². The minimum absolute atomic E-state index is 0.0141. The molecule has 240 valence electrons. The number of hydrogen-bond acceptors (Lipinski definition) is 6. The van der Waals surface area contributed by atoms with E-state index in [0.717, 1.165) is 42.6 Å². The lowest BCUT2D eigenvalue weighted by Gasteiger charge is -2.27. The highest BCUT2D eigenvalue weighted by molar-refractivity contribution is 5.26. The van der Waals surface area contributed by atoms with E-state index < -0.39 is 6.10 Å². The van der Waals surface area contributed by atoms with E-state index in [2.05, 4.69) is 50.7 Å². The zero-order valence-electron chi connectivity index (χ0n) is 27.0. The van der Waals surface area contributed by atoms with E-state index in [-0.39, 0.29) is 30.5 Å². The molecule has 2 heterocycles. The molecule has 0 saturated heterocycles. The second-order valence-electron chi connectivity index (χ2n) is 12.0. The zero-order chi connectivity index (χ0) is 31.7. The van der Waals surface area contributed by atoms with Crippen LogP contribution in [0.2, 0.25) is 0 Å². The fourth-order valence-corrected chi connectivity index (χ4v) is 5.66. The van der Waals surface area contributed by atoms with Gasteiger partial charge < -0.3 is 28.8 Å². The number of aliphatic hydroxyl groups excluding tert-OH is 1. The molecule has 0 amide bonds. The second kappa shape index (κ2) is 19.5. The fraction of sp³-hybridized carbons (Fsp3) is 0.526. The summed E-state index contributed by atoms with van der Waals surface area (Å²) in [5.74, 6) is 3.89. The summed E-state index contributed by atoms with van der Waals surface area (Å²) in [6, 6.07) is 7.85. The van der Waals surface area contributed by atoms with Gasteiger partial charge in [-0.25, -0.2) is 0 Å². The van der Waals surface area contributed by atoms with Gasteiger partial charge in [0.25, 0.3) is 0 Å². The van der Waals surface area contributed by atoms with Crippen molar-refractivity contribution in [3.8, 4) is 18.1 Å². The van der Waals surface area contributed by atoms with Gasteiger partial charge in [-0.15, -0.1) is 12.3 Å². The Kier molecular flexibility index (Phi) is 15.7. The van der Waals surface area contributed by atoms with Gasteiger partial charge in [-0.05, 0) is 69.1 Å². The predicted molar refractivity (Wildman–Crippen MR) is 177 cm³/mol. The number of aliphatic hydroxyl groups is 1. The van der Waals surface area contributed by atoms with E-state index in [9.17, 15) is 5.11 Å². The minimum Gasteiger partial charge on any atom is -0.497 e. The van der Waals surface area contributed by atoms with Crippen LogP contribution >= 0.6 is 0 Å². The summed E-state index contributed by atoms with van der Waals surface area (Å²) in [6.07, 6.45) is 24.1. The van der Waals surface area contributed by atoms with Crippen molar-refractivity contribution < 1.29 is 28.8 Å². The number of terminal acetylenes is 1. The number of rotatable bonds is 18. The van der Waals surface area contributed by atoms with Crippen molar-refractivity contribution in [2.45, 2.75) is 102 Å². The maximum Gasteiger partial charge on any atom is 0.118 e. The molecule has 44 heavy (non-hydrogen) atoms. The summed E-state index contributed by atoms with van der Waals surface area (Å²) in [4.78, 5) is 0. The van der Waals surface area contributed by atoms with Gasteiger partial charge in [0, 0.05) is 13.5 Å². The molecule has 1 aromatic rings. The van der Waals surface area contributed by atoms with E-state index in [1.807, 2.05) is 42.5 Å². The van der Waals surface area contributed by atoms with E-state index in [0.29, 0.717) is 38.4 Å². The summed E-state index contributed by atoms with van der Waals surface area (Å²) in [6.45, 7) is 9.65. The summed E-state index contributed by atoms with van der Waals surface area (Å²) >= 11 is 0. The van der Waals surface area contributed by atoms with Crippen LogP contribution in [0.1, 0.15) is 64.4 Å². The number of hydrogen-bond donors (Lipinski definition) is 1. The first-order valence-corrected chi connectivity index (χ1v) is 15.8. The topological polar surface area (TPSA) is 66.4 Å². The summed E-state index contributed by atoms with van der Waals surface area (Å²) in [7, 11) is 3.35. The predicted octanol–water partition coefficient (Wildman–Crippen LogP) is 7.29. The van der Waals surface area contributed by atoms with Gasteiger partial charge in [-0.2, -0.15) is 0 Å². The van der Waals surface area contributed by atoms with Crippen LogP contribution in [0.5, 0.6) is 5.75 Å². The second-order valence-corrected chi connectivity index (χ2v) is 12.0. The SMILES string of the molecule is C#CC[C@@H]1C=CC[C@@H](C[C@@H](C)CC(=C)CC(O)C=CC[C@H](OCc2ccc(OC)cc2)[C@H](C=C[C@@H]2CC(C)=CCO2)OC)O1. The minimum atomic E-state index is -0.618. The molecule has 2 aliphatic rings. The summed E-state index contributed by atoms with van der Waals surface area (Å²) < 4.78 is 29.5. The molecule has 0 fully saturated rings. The zero-order valence-corrected chi connectivity index (χ0v) is 27.0. The monoisotopic (exact) mass is 604 g/mol. The lowest BCUT2D eigenvalue weighted by atomic mass is 9.91.